The molecular weight excluding hydrogens is 503 g/mol. The average molecular weight is 525 g/mol. The molecule has 3 N–H and O–H groups in total. The SMILES string of the molecule is CNS(=O)(=O)O[C@@H]1C[C@H](Nc2ncncc2C(=O)c2ccn(Cc3ccc(Cl)cc3F)n2)C[C@@H]1O. The van der Waals surface area contributed by atoms with Crippen LogP contribution in [0.4, 0.5) is 10.2 Å². The molecule has 4 rings (SSSR count). The van der Waals surface area contributed by atoms with Crippen molar-refractivity contribution in [3.63, 3.8) is 0 Å². The fraction of sp³-hybridized carbons (Fsp3) is 0.333. The lowest BCUT2D eigenvalue weighted by atomic mass is 10.1. The molecular formula is C21H22ClFN6O5S. The molecule has 2 aromatic heterocycles. The number of aliphatic hydroxyl groups excluding tert-OH is 1. The molecule has 0 amide bonds. The van der Waals surface area contributed by atoms with Crippen LogP contribution in [0.2, 0.25) is 5.02 Å². The molecule has 0 saturated heterocycles. The summed E-state index contributed by atoms with van der Waals surface area (Å²) in [5, 5.41) is 17.8. The van der Waals surface area contributed by atoms with Crippen molar-refractivity contribution in [2.24, 2.45) is 0 Å². The van der Waals surface area contributed by atoms with Crippen molar-refractivity contribution < 1.29 is 26.9 Å². The van der Waals surface area contributed by atoms with Crippen LogP contribution in [0.15, 0.2) is 43.0 Å². The molecule has 35 heavy (non-hydrogen) atoms. The van der Waals surface area contributed by atoms with Gasteiger partial charge in [-0.3, -0.25) is 13.7 Å². The standard InChI is InChI=1S/C21H22ClFN6O5S/c1-24-35(32,33)34-19-8-14(7-18(19)30)27-21-15(9-25-11-26-21)20(31)17-4-5-29(28-17)10-12-2-3-13(22)6-16(12)23/h2-6,9,11,14,18-19,24,30H,7-8,10H2,1H3,(H,25,26,27)/t14-,18+,19-/m1/s1. The Morgan fingerprint density at radius 3 is 2.89 bits per heavy atom. The lowest BCUT2D eigenvalue weighted by molar-refractivity contribution is 0.0636. The van der Waals surface area contributed by atoms with Crippen LogP contribution >= 0.6 is 11.6 Å². The Hall–Kier alpha value is -2.97. The van der Waals surface area contributed by atoms with Gasteiger partial charge in [-0.05, 0) is 31.0 Å². The summed E-state index contributed by atoms with van der Waals surface area (Å²) in [5.74, 6) is -0.738. The second-order valence-corrected chi connectivity index (χ2v) is 9.87. The second kappa shape index (κ2) is 10.3. The largest absolute Gasteiger partial charge is 0.390 e. The summed E-state index contributed by atoms with van der Waals surface area (Å²) in [6, 6.07) is 5.41. The Bertz CT molecular complexity index is 1340. The summed E-state index contributed by atoms with van der Waals surface area (Å²) in [6.07, 6.45) is 2.52. The van der Waals surface area contributed by atoms with Gasteiger partial charge < -0.3 is 10.4 Å². The molecule has 1 aliphatic carbocycles. The van der Waals surface area contributed by atoms with E-state index in [0.29, 0.717) is 5.56 Å². The maximum absolute atomic E-state index is 14.1. The van der Waals surface area contributed by atoms with Gasteiger partial charge in [0.2, 0.25) is 5.78 Å². The van der Waals surface area contributed by atoms with Crippen LogP contribution in [0.3, 0.4) is 0 Å². The van der Waals surface area contributed by atoms with Gasteiger partial charge in [-0.15, -0.1) is 0 Å². The fourth-order valence-corrected chi connectivity index (χ4v) is 4.53. The van der Waals surface area contributed by atoms with Crippen LogP contribution in [0.5, 0.6) is 0 Å². The molecule has 3 atom stereocenters. The van der Waals surface area contributed by atoms with E-state index in [2.05, 4.69) is 20.4 Å². The lowest BCUT2D eigenvalue weighted by Crippen LogP contribution is -2.31. The average Bonchev–Trinajstić information content (AvgIpc) is 3.42. The first-order chi connectivity index (χ1) is 16.6. The molecule has 3 aromatic rings. The van der Waals surface area contributed by atoms with E-state index in [4.69, 9.17) is 15.8 Å². The van der Waals surface area contributed by atoms with Gasteiger partial charge in [0.15, 0.2) is 0 Å². The number of rotatable bonds is 9. The first kappa shape index (κ1) is 25.1. The third kappa shape index (κ3) is 6.00. The van der Waals surface area contributed by atoms with E-state index < -0.39 is 40.2 Å². The predicted octanol–water partition coefficient (Wildman–Crippen LogP) is 1.53. The number of ketones is 1. The first-order valence-electron chi connectivity index (χ1n) is 10.5. The summed E-state index contributed by atoms with van der Waals surface area (Å²) in [4.78, 5) is 21.2. The number of nitrogens with zero attached hydrogens (tertiary/aromatic N) is 4. The van der Waals surface area contributed by atoms with Crippen molar-refractivity contribution in [1.29, 1.82) is 0 Å². The summed E-state index contributed by atoms with van der Waals surface area (Å²) < 4.78 is 45.8. The Balaban J connectivity index is 1.47. The number of hydrogen-bond acceptors (Lipinski definition) is 9. The zero-order chi connectivity index (χ0) is 25.2. The second-order valence-electron chi connectivity index (χ2n) is 7.92. The van der Waals surface area contributed by atoms with E-state index in [-0.39, 0.29) is 41.5 Å². The maximum atomic E-state index is 14.1. The predicted molar refractivity (Wildman–Crippen MR) is 124 cm³/mol. The number of aromatic nitrogens is 4. The molecule has 186 valence electrons. The minimum absolute atomic E-state index is 0.101. The zero-order valence-electron chi connectivity index (χ0n) is 18.4. The minimum atomic E-state index is -3.97. The minimum Gasteiger partial charge on any atom is -0.390 e. The number of benzene rings is 1. The summed E-state index contributed by atoms with van der Waals surface area (Å²) in [5.41, 5.74) is 0.598. The quantitative estimate of drug-likeness (QED) is 0.354. The van der Waals surface area contributed by atoms with Crippen molar-refractivity contribution in [3.05, 3.63) is 70.6 Å². The Morgan fingerprint density at radius 1 is 1.34 bits per heavy atom. The topological polar surface area (TPSA) is 148 Å². The number of halogens is 2. The summed E-state index contributed by atoms with van der Waals surface area (Å²) >= 11 is 5.78. The summed E-state index contributed by atoms with van der Waals surface area (Å²) in [6.45, 7) is 0.101. The van der Waals surface area contributed by atoms with E-state index in [0.717, 1.165) is 0 Å². The molecule has 11 nitrogen and oxygen atoms in total. The molecule has 0 unspecified atom stereocenters. The number of nitrogens with one attached hydrogen (secondary N) is 2. The number of aliphatic hydroxyl groups is 1. The number of anilines is 1. The highest BCUT2D eigenvalue weighted by Crippen LogP contribution is 2.28. The van der Waals surface area contributed by atoms with Crippen molar-refractivity contribution in [1.82, 2.24) is 24.5 Å². The van der Waals surface area contributed by atoms with Gasteiger partial charge in [0.25, 0.3) is 0 Å². The van der Waals surface area contributed by atoms with E-state index >= 15 is 0 Å². The highest BCUT2D eigenvalue weighted by molar-refractivity contribution is 7.84. The van der Waals surface area contributed by atoms with Crippen LogP contribution in [-0.2, 0) is 21.0 Å². The van der Waals surface area contributed by atoms with Crippen LogP contribution in [0.25, 0.3) is 0 Å². The van der Waals surface area contributed by atoms with Gasteiger partial charge in [0.1, 0.15) is 29.8 Å². The van der Waals surface area contributed by atoms with Gasteiger partial charge in [-0.25, -0.2) is 14.4 Å². The lowest BCUT2D eigenvalue weighted by Gasteiger charge is -2.15. The van der Waals surface area contributed by atoms with Crippen molar-refractivity contribution in [2.45, 2.75) is 37.6 Å². The van der Waals surface area contributed by atoms with Gasteiger partial charge in [-0.1, -0.05) is 17.7 Å². The van der Waals surface area contributed by atoms with Gasteiger partial charge in [0.05, 0.1) is 18.2 Å². The fourth-order valence-electron chi connectivity index (χ4n) is 3.75. The molecule has 0 bridgehead atoms. The normalized spacial score (nSPS) is 20.2. The molecule has 2 heterocycles. The van der Waals surface area contributed by atoms with Gasteiger partial charge in [0, 0.05) is 36.1 Å². The molecule has 1 fully saturated rings. The number of carbonyl (C=O) groups excluding carboxylic acids is 1. The van der Waals surface area contributed by atoms with E-state index in [1.165, 1.54) is 36.4 Å². The Morgan fingerprint density at radius 2 is 2.14 bits per heavy atom. The number of hydrogen-bond donors (Lipinski definition) is 3. The highest BCUT2D eigenvalue weighted by Gasteiger charge is 2.37. The smallest absolute Gasteiger partial charge is 0.335 e. The van der Waals surface area contributed by atoms with Gasteiger partial charge in [-0.2, -0.15) is 18.2 Å². The molecule has 1 aromatic carbocycles. The van der Waals surface area contributed by atoms with Crippen molar-refractivity contribution in [3.8, 4) is 0 Å². The number of carbonyl (C=O) groups is 1. The summed E-state index contributed by atoms with van der Waals surface area (Å²) in [7, 11) is -2.77. The highest BCUT2D eigenvalue weighted by atomic mass is 35.5. The van der Waals surface area contributed by atoms with E-state index in [1.54, 1.807) is 18.3 Å². The van der Waals surface area contributed by atoms with Gasteiger partial charge >= 0.3 is 10.3 Å². The van der Waals surface area contributed by atoms with Crippen LogP contribution < -0.4 is 10.0 Å². The van der Waals surface area contributed by atoms with Crippen LogP contribution in [0, 0.1) is 5.82 Å². The third-order valence-electron chi connectivity index (χ3n) is 5.49. The molecule has 0 aliphatic heterocycles. The van der Waals surface area contributed by atoms with E-state index in [1.807, 2.05) is 4.72 Å². The monoisotopic (exact) mass is 524 g/mol. The molecule has 1 saturated carbocycles. The maximum Gasteiger partial charge on any atom is 0.335 e. The zero-order valence-corrected chi connectivity index (χ0v) is 20.0. The Kier molecular flexibility index (Phi) is 7.42. The van der Waals surface area contributed by atoms with Crippen molar-refractivity contribution >= 4 is 33.5 Å². The first-order valence-corrected chi connectivity index (χ1v) is 12.3. The van der Waals surface area contributed by atoms with Crippen molar-refractivity contribution in [2.75, 3.05) is 12.4 Å². The molecule has 14 heteroatoms. The molecule has 1 aliphatic rings. The Labute approximate surface area is 205 Å². The van der Waals surface area contributed by atoms with Crippen LogP contribution in [-0.4, -0.2) is 64.4 Å². The van der Waals surface area contributed by atoms with E-state index in [9.17, 15) is 22.7 Å². The molecule has 0 spiro atoms. The molecule has 0 radical (unpaired) electrons. The van der Waals surface area contributed by atoms with Crippen LogP contribution in [0.1, 0.15) is 34.5 Å². The third-order valence-corrected chi connectivity index (χ3v) is 6.73.